The van der Waals surface area contributed by atoms with E-state index in [1.807, 2.05) is 27.7 Å². The lowest BCUT2D eigenvalue weighted by atomic mass is 10.3. The van der Waals surface area contributed by atoms with E-state index in [4.69, 9.17) is 4.74 Å². The van der Waals surface area contributed by atoms with Crippen molar-refractivity contribution in [1.29, 1.82) is 0 Å². The van der Waals surface area contributed by atoms with Gasteiger partial charge < -0.3 is 15.4 Å². The quantitative estimate of drug-likeness (QED) is 0.306. The number of carbonyl (C=O) groups excluding carboxylic acids is 1. The maximum absolute atomic E-state index is 11.2. The van der Waals surface area contributed by atoms with Gasteiger partial charge >= 0.3 is 5.97 Å². The number of esters is 1. The number of nitrogens with zero attached hydrogens (tertiary/aromatic N) is 1. The van der Waals surface area contributed by atoms with Crippen molar-refractivity contribution in [3.05, 3.63) is 0 Å². The highest BCUT2D eigenvalue weighted by Crippen LogP contribution is 1.97. The highest BCUT2D eigenvalue weighted by molar-refractivity contribution is 5.79. The van der Waals surface area contributed by atoms with Crippen molar-refractivity contribution in [3.63, 3.8) is 0 Å². The average molecular weight is 243 g/mol. The minimum Gasteiger partial charge on any atom is -0.463 e. The predicted molar refractivity (Wildman–Crippen MR) is 70.1 cm³/mol. The molecule has 5 nitrogen and oxygen atoms in total. The lowest BCUT2D eigenvalue weighted by Crippen LogP contribution is -2.37. The third-order valence-electron chi connectivity index (χ3n) is 1.86. The topological polar surface area (TPSA) is 62.7 Å². The molecule has 0 amide bonds. The number of hydrogen-bond donors (Lipinski definition) is 2. The normalized spacial score (nSPS) is 9.94. The van der Waals surface area contributed by atoms with Gasteiger partial charge in [0, 0.05) is 26.1 Å². The Morgan fingerprint density at radius 1 is 1.24 bits per heavy atom. The molecule has 0 aromatic carbocycles. The Kier molecular flexibility index (Phi) is 9.19. The summed E-state index contributed by atoms with van der Waals surface area (Å²) in [4.78, 5) is 15.6. The lowest BCUT2D eigenvalue weighted by Gasteiger charge is -2.09. The summed E-state index contributed by atoms with van der Waals surface area (Å²) in [7, 11) is 0. The van der Waals surface area contributed by atoms with Crippen LogP contribution in [0.1, 0.15) is 40.5 Å². The molecule has 2 N–H and O–H groups in total. The summed E-state index contributed by atoms with van der Waals surface area (Å²) >= 11 is 0. The number of guanidine groups is 1. The van der Waals surface area contributed by atoms with E-state index in [1.54, 1.807) is 0 Å². The monoisotopic (exact) mass is 243 g/mol. The van der Waals surface area contributed by atoms with E-state index in [9.17, 15) is 4.79 Å². The molecule has 0 saturated heterocycles. The highest BCUT2D eigenvalue weighted by Gasteiger charge is 2.04. The third-order valence-corrected chi connectivity index (χ3v) is 1.86. The van der Waals surface area contributed by atoms with Crippen LogP contribution in [0.25, 0.3) is 0 Å². The van der Waals surface area contributed by atoms with E-state index in [1.165, 1.54) is 0 Å². The maximum atomic E-state index is 11.2. The van der Waals surface area contributed by atoms with E-state index in [-0.39, 0.29) is 12.1 Å². The molecule has 0 bridgehead atoms. The van der Waals surface area contributed by atoms with Crippen LogP contribution in [0.3, 0.4) is 0 Å². The number of hydrogen-bond acceptors (Lipinski definition) is 3. The van der Waals surface area contributed by atoms with E-state index in [0.717, 1.165) is 19.0 Å². The molecule has 17 heavy (non-hydrogen) atoms. The summed E-state index contributed by atoms with van der Waals surface area (Å²) in [6.45, 7) is 10.0. The minimum atomic E-state index is -0.149. The minimum absolute atomic E-state index is 0.0370. The van der Waals surface area contributed by atoms with Gasteiger partial charge in [0.05, 0.1) is 6.10 Å². The molecule has 0 unspecified atom stereocenters. The fourth-order valence-electron chi connectivity index (χ4n) is 1.25. The number of nitrogens with one attached hydrogen (secondary N) is 2. The Bertz CT molecular complexity index is 232. The second kappa shape index (κ2) is 9.93. The standard InChI is InChI=1S/C12H25N3O2/c1-5-13-12(14-6-2)15-9-7-8-11(16)17-10(3)4/h10H,5-9H2,1-4H3,(H2,13,14,15). The molecule has 0 atom stereocenters. The second-order valence-corrected chi connectivity index (χ2v) is 3.93. The molecule has 0 fully saturated rings. The van der Waals surface area contributed by atoms with Gasteiger partial charge in [0.15, 0.2) is 5.96 Å². The zero-order valence-electron chi connectivity index (χ0n) is 11.4. The average Bonchev–Trinajstić information content (AvgIpc) is 2.24. The fourth-order valence-corrected chi connectivity index (χ4v) is 1.25. The Hall–Kier alpha value is -1.26. The van der Waals surface area contributed by atoms with Crippen LogP contribution in [0.5, 0.6) is 0 Å². The molecule has 0 aromatic heterocycles. The van der Waals surface area contributed by atoms with Crippen molar-refractivity contribution in [2.75, 3.05) is 19.6 Å². The smallest absolute Gasteiger partial charge is 0.306 e. The van der Waals surface area contributed by atoms with Crippen LogP contribution in [0, 0.1) is 0 Å². The van der Waals surface area contributed by atoms with Gasteiger partial charge in [0.25, 0.3) is 0 Å². The molecule has 0 radical (unpaired) electrons. The third kappa shape index (κ3) is 9.66. The van der Waals surface area contributed by atoms with Gasteiger partial charge in [-0.05, 0) is 34.1 Å². The van der Waals surface area contributed by atoms with Crippen LogP contribution in [-0.4, -0.2) is 37.7 Å². The van der Waals surface area contributed by atoms with E-state index in [2.05, 4.69) is 15.6 Å². The molecule has 100 valence electrons. The van der Waals surface area contributed by atoms with Crippen molar-refractivity contribution >= 4 is 11.9 Å². The van der Waals surface area contributed by atoms with Crippen LogP contribution in [0.4, 0.5) is 0 Å². The molecular formula is C12H25N3O2. The SMILES string of the molecule is CCNC(=NCCCC(=O)OC(C)C)NCC. The zero-order valence-corrected chi connectivity index (χ0v) is 11.4. The van der Waals surface area contributed by atoms with Gasteiger partial charge in [-0.15, -0.1) is 0 Å². The van der Waals surface area contributed by atoms with Crippen molar-refractivity contribution < 1.29 is 9.53 Å². The number of aliphatic imine (C=N–C) groups is 1. The molecular weight excluding hydrogens is 218 g/mol. The van der Waals surface area contributed by atoms with E-state index in [0.29, 0.717) is 19.4 Å². The van der Waals surface area contributed by atoms with E-state index >= 15 is 0 Å². The molecule has 0 saturated carbocycles. The summed E-state index contributed by atoms with van der Waals surface area (Å²) in [5, 5.41) is 6.25. The summed E-state index contributed by atoms with van der Waals surface area (Å²) in [6, 6.07) is 0. The Morgan fingerprint density at radius 3 is 2.29 bits per heavy atom. The van der Waals surface area contributed by atoms with E-state index < -0.39 is 0 Å². The van der Waals surface area contributed by atoms with Crippen molar-refractivity contribution in [3.8, 4) is 0 Å². The fraction of sp³-hybridized carbons (Fsp3) is 0.833. The second-order valence-electron chi connectivity index (χ2n) is 3.93. The van der Waals surface area contributed by atoms with Crippen LogP contribution in [-0.2, 0) is 9.53 Å². The van der Waals surface area contributed by atoms with Crippen molar-refractivity contribution in [2.24, 2.45) is 4.99 Å². The van der Waals surface area contributed by atoms with Crippen LogP contribution in [0.2, 0.25) is 0 Å². The zero-order chi connectivity index (χ0) is 13.1. The number of rotatable bonds is 7. The molecule has 0 aliphatic rings. The van der Waals surface area contributed by atoms with Crippen molar-refractivity contribution in [2.45, 2.75) is 46.6 Å². The Labute approximate surface area is 104 Å². The summed E-state index contributed by atoms with van der Waals surface area (Å²) < 4.78 is 5.03. The first-order valence-corrected chi connectivity index (χ1v) is 6.31. The molecule has 0 rings (SSSR count). The van der Waals surface area contributed by atoms with Crippen LogP contribution < -0.4 is 10.6 Å². The highest BCUT2D eigenvalue weighted by atomic mass is 16.5. The summed E-state index contributed by atoms with van der Waals surface area (Å²) in [6.07, 6.45) is 1.10. The van der Waals surface area contributed by atoms with Crippen molar-refractivity contribution in [1.82, 2.24) is 10.6 Å². The first kappa shape index (κ1) is 15.7. The van der Waals surface area contributed by atoms with Crippen LogP contribution >= 0.6 is 0 Å². The largest absolute Gasteiger partial charge is 0.463 e. The number of carbonyl (C=O) groups is 1. The van der Waals surface area contributed by atoms with Crippen LogP contribution in [0.15, 0.2) is 4.99 Å². The number of ether oxygens (including phenoxy) is 1. The Morgan fingerprint density at radius 2 is 1.82 bits per heavy atom. The molecule has 0 aromatic rings. The van der Waals surface area contributed by atoms with Gasteiger partial charge in [-0.3, -0.25) is 9.79 Å². The van der Waals surface area contributed by atoms with Gasteiger partial charge in [0.1, 0.15) is 0 Å². The van der Waals surface area contributed by atoms with Gasteiger partial charge in [-0.2, -0.15) is 0 Å². The predicted octanol–water partition coefficient (Wildman–Crippen LogP) is 1.29. The molecule has 5 heteroatoms. The molecule has 0 aliphatic carbocycles. The summed E-state index contributed by atoms with van der Waals surface area (Å²) in [5.74, 6) is 0.649. The summed E-state index contributed by atoms with van der Waals surface area (Å²) in [5.41, 5.74) is 0. The Balaban J connectivity index is 3.78. The first-order chi connectivity index (χ1) is 8.10. The molecule has 0 spiro atoms. The van der Waals surface area contributed by atoms with Gasteiger partial charge in [0.2, 0.25) is 0 Å². The van der Waals surface area contributed by atoms with Gasteiger partial charge in [-0.25, -0.2) is 0 Å². The molecule has 0 aliphatic heterocycles. The maximum Gasteiger partial charge on any atom is 0.306 e. The lowest BCUT2D eigenvalue weighted by molar-refractivity contribution is -0.147. The van der Waals surface area contributed by atoms with Gasteiger partial charge in [-0.1, -0.05) is 0 Å². The first-order valence-electron chi connectivity index (χ1n) is 6.31. The molecule has 0 heterocycles.